The van der Waals surface area contributed by atoms with Crippen LogP contribution in [0.25, 0.3) is 11.0 Å². The molecule has 0 atom stereocenters. The van der Waals surface area contributed by atoms with Crippen molar-refractivity contribution in [3.05, 3.63) is 34.0 Å². The molecule has 1 aliphatic carbocycles. The average Bonchev–Trinajstić information content (AvgIpc) is 2.83. The maximum atomic E-state index is 10.8. The van der Waals surface area contributed by atoms with Crippen LogP contribution >= 0.6 is 11.6 Å². The van der Waals surface area contributed by atoms with Crippen LogP contribution in [-0.4, -0.2) is 11.1 Å². The zero-order chi connectivity index (χ0) is 11.3. The lowest BCUT2D eigenvalue weighted by Gasteiger charge is -2.01. The van der Waals surface area contributed by atoms with Crippen LogP contribution < -0.4 is 0 Å². The molecule has 0 amide bonds. The molecule has 0 unspecified atom stereocenters. The Labute approximate surface area is 96.6 Å². The van der Waals surface area contributed by atoms with Gasteiger partial charge in [-0.15, -0.1) is 0 Å². The standard InChI is InChI=1S/C12H9ClO3/c13-10-8-3-1-2-6(8)4-7-5-9(12(14)15)16-11(7)10/h4-5H,1-3H2,(H,14,15). The molecule has 0 saturated heterocycles. The summed E-state index contributed by atoms with van der Waals surface area (Å²) in [5.74, 6) is -1.12. The number of benzene rings is 1. The van der Waals surface area contributed by atoms with Gasteiger partial charge in [-0.1, -0.05) is 11.6 Å². The number of aryl methyl sites for hydroxylation is 1. The largest absolute Gasteiger partial charge is 0.475 e. The van der Waals surface area contributed by atoms with Gasteiger partial charge in [0.2, 0.25) is 5.76 Å². The summed E-state index contributed by atoms with van der Waals surface area (Å²) in [6.07, 6.45) is 3.07. The Morgan fingerprint density at radius 3 is 2.94 bits per heavy atom. The second-order valence-electron chi connectivity index (χ2n) is 4.02. The predicted octanol–water partition coefficient (Wildman–Crippen LogP) is 3.27. The van der Waals surface area contributed by atoms with Crippen molar-refractivity contribution in [2.75, 3.05) is 0 Å². The van der Waals surface area contributed by atoms with E-state index in [4.69, 9.17) is 21.1 Å². The van der Waals surface area contributed by atoms with E-state index in [0.717, 1.165) is 30.2 Å². The second kappa shape index (κ2) is 3.25. The Balaban J connectivity index is 2.32. The first-order valence-corrected chi connectivity index (χ1v) is 5.51. The number of fused-ring (bicyclic) bond motifs is 2. The molecule has 1 heterocycles. The Bertz CT molecular complexity index is 598. The molecule has 0 aliphatic heterocycles. The molecule has 0 saturated carbocycles. The fourth-order valence-corrected chi connectivity index (χ4v) is 2.65. The van der Waals surface area contributed by atoms with Gasteiger partial charge in [-0.2, -0.15) is 0 Å². The highest BCUT2D eigenvalue weighted by atomic mass is 35.5. The van der Waals surface area contributed by atoms with Crippen molar-refractivity contribution in [3.63, 3.8) is 0 Å². The summed E-state index contributed by atoms with van der Waals surface area (Å²) >= 11 is 6.22. The fraction of sp³-hybridized carbons (Fsp3) is 0.250. The van der Waals surface area contributed by atoms with Crippen LogP contribution in [0.15, 0.2) is 16.5 Å². The molecule has 0 radical (unpaired) electrons. The lowest BCUT2D eigenvalue weighted by molar-refractivity contribution is 0.0665. The van der Waals surface area contributed by atoms with Crippen LogP contribution in [0.1, 0.15) is 28.1 Å². The molecule has 4 heteroatoms. The number of hydrogen-bond donors (Lipinski definition) is 1. The van der Waals surface area contributed by atoms with E-state index in [1.54, 1.807) is 0 Å². The van der Waals surface area contributed by atoms with Gasteiger partial charge in [0, 0.05) is 5.39 Å². The highest BCUT2D eigenvalue weighted by molar-refractivity contribution is 6.36. The molecule has 1 aliphatic rings. The number of hydrogen-bond acceptors (Lipinski definition) is 2. The van der Waals surface area contributed by atoms with Gasteiger partial charge < -0.3 is 9.52 Å². The second-order valence-corrected chi connectivity index (χ2v) is 4.39. The fourth-order valence-electron chi connectivity index (χ4n) is 2.29. The van der Waals surface area contributed by atoms with Gasteiger partial charge in [0.15, 0.2) is 5.58 Å². The SMILES string of the molecule is O=C(O)c1cc2cc3c(c(Cl)c2o1)CCC3. The van der Waals surface area contributed by atoms with Gasteiger partial charge in [0.05, 0.1) is 5.02 Å². The van der Waals surface area contributed by atoms with E-state index in [2.05, 4.69) is 0 Å². The topological polar surface area (TPSA) is 50.4 Å². The van der Waals surface area contributed by atoms with Crippen molar-refractivity contribution in [2.45, 2.75) is 19.3 Å². The number of carboxylic acids is 1. The first kappa shape index (κ1) is 9.73. The highest BCUT2D eigenvalue weighted by Crippen LogP contribution is 2.36. The Morgan fingerprint density at radius 2 is 2.19 bits per heavy atom. The maximum absolute atomic E-state index is 10.8. The zero-order valence-corrected chi connectivity index (χ0v) is 9.17. The van der Waals surface area contributed by atoms with Gasteiger partial charge in [-0.05, 0) is 42.5 Å². The molecule has 2 aromatic rings. The molecule has 82 valence electrons. The van der Waals surface area contributed by atoms with Gasteiger partial charge in [0.25, 0.3) is 0 Å². The molecule has 3 rings (SSSR count). The highest BCUT2D eigenvalue weighted by Gasteiger charge is 2.20. The van der Waals surface area contributed by atoms with Crippen LogP contribution in [0.3, 0.4) is 0 Å². The lowest BCUT2D eigenvalue weighted by atomic mass is 10.1. The molecule has 16 heavy (non-hydrogen) atoms. The van der Waals surface area contributed by atoms with Crippen molar-refractivity contribution >= 4 is 28.5 Å². The smallest absolute Gasteiger partial charge is 0.371 e. The molecular formula is C12H9ClO3. The van der Waals surface area contributed by atoms with Crippen molar-refractivity contribution in [1.82, 2.24) is 0 Å². The average molecular weight is 237 g/mol. The lowest BCUT2D eigenvalue weighted by Crippen LogP contribution is -1.91. The molecule has 3 nitrogen and oxygen atoms in total. The number of furan rings is 1. The Kier molecular flexibility index (Phi) is 1.98. The molecule has 0 spiro atoms. The van der Waals surface area contributed by atoms with Crippen molar-refractivity contribution in [2.24, 2.45) is 0 Å². The van der Waals surface area contributed by atoms with Crippen LogP contribution in [-0.2, 0) is 12.8 Å². The normalized spacial score (nSPS) is 14.3. The maximum Gasteiger partial charge on any atom is 0.371 e. The number of carbonyl (C=O) groups is 1. The number of aromatic carboxylic acids is 1. The summed E-state index contributed by atoms with van der Waals surface area (Å²) in [5.41, 5.74) is 2.83. The zero-order valence-electron chi connectivity index (χ0n) is 8.42. The number of halogens is 1. The molecule has 1 aromatic carbocycles. The van der Waals surface area contributed by atoms with Gasteiger partial charge in [-0.25, -0.2) is 4.79 Å². The van der Waals surface area contributed by atoms with Crippen LogP contribution in [0.5, 0.6) is 0 Å². The number of rotatable bonds is 1. The van der Waals surface area contributed by atoms with E-state index >= 15 is 0 Å². The third-order valence-electron chi connectivity index (χ3n) is 3.03. The summed E-state index contributed by atoms with van der Waals surface area (Å²) in [4.78, 5) is 10.8. The minimum Gasteiger partial charge on any atom is -0.475 e. The summed E-state index contributed by atoms with van der Waals surface area (Å²) < 4.78 is 5.25. The van der Waals surface area contributed by atoms with Gasteiger partial charge >= 0.3 is 5.97 Å². The third kappa shape index (κ3) is 1.25. The number of carboxylic acid groups (broad SMARTS) is 1. The minimum absolute atomic E-state index is 0.0550. The van der Waals surface area contributed by atoms with E-state index in [1.165, 1.54) is 11.6 Å². The van der Waals surface area contributed by atoms with E-state index in [-0.39, 0.29) is 5.76 Å². The summed E-state index contributed by atoms with van der Waals surface area (Å²) in [7, 11) is 0. The van der Waals surface area contributed by atoms with Crippen molar-refractivity contribution in [1.29, 1.82) is 0 Å². The monoisotopic (exact) mass is 236 g/mol. The first-order chi connectivity index (χ1) is 7.66. The Hall–Kier alpha value is -1.48. The third-order valence-corrected chi connectivity index (χ3v) is 3.43. The quantitative estimate of drug-likeness (QED) is 0.827. The summed E-state index contributed by atoms with van der Waals surface area (Å²) in [5, 5.41) is 10.2. The van der Waals surface area contributed by atoms with E-state index in [0.29, 0.717) is 10.6 Å². The molecule has 0 fully saturated rings. The molecule has 0 bridgehead atoms. The minimum atomic E-state index is -1.06. The molecular weight excluding hydrogens is 228 g/mol. The van der Waals surface area contributed by atoms with Gasteiger partial charge in [0.1, 0.15) is 0 Å². The summed E-state index contributed by atoms with van der Waals surface area (Å²) in [6, 6.07) is 3.52. The van der Waals surface area contributed by atoms with Crippen molar-refractivity contribution in [3.8, 4) is 0 Å². The van der Waals surface area contributed by atoms with Crippen LogP contribution in [0, 0.1) is 0 Å². The van der Waals surface area contributed by atoms with Crippen LogP contribution in [0.4, 0.5) is 0 Å². The van der Waals surface area contributed by atoms with E-state index in [9.17, 15) is 4.79 Å². The van der Waals surface area contributed by atoms with Crippen molar-refractivity contribution < 1.29 is 14.3 Å². The predicted molar refractivity (Wildman–Crippen MR) is 60.2 cm³/mol. The van der Waals surface area contributed by atoms with Crippen LogP contribution in [0.2, 0.25) is 5.02 Å². The van der Waals surface area contributed by atoms with E-state index < -0.39 is 5.97 Å². The first-order valence-electron chi connectivity index (χ1n) is 5.14. The Morgan fingerprint density at radius 1 is 1.38 bits per heavy atom. The molecule has 1 aromatic heterocycles. The van der Waals surface area contributed by atoms with E-state index in [1.807, 2.05) is 6.07 Å². The summed E-state index contributed by atoms with van der Waals surface area (Å²) in [6.45, 7) is 0. The van der Waals surface area contributed by atoms with Gasteiger partial charge in [-0.3, -0.25) is 0 Å². The molecule has 1 N–H and O–H groups in total.